The Morgan fingerprint density at radius 2 is 2.15 bits per heavy atom. The normalized spacial score (nSPS) is 10.8. The SMILES string of the molecule is CCn1nc(C)c(Cl)c1COc1cc(F)cc(CBr)c1. The summed E-state index contributed by atoms with van der Waals surface area (Å²) in [4.78, 5) is 0. The highest BCUT2D eigenvalue weighted by molar-refractivity contribution is 9.08. The third-order valence-corrected chi connectivity index (χ3v) is 4.05. The molecule has 0 atom stereocenters. The highest BCUT2D eigenvalue weighted by atomic mass is 79.9. The molecule has 2 rings (SSSR count). The van der Waals surface area contributed by atoms with Crippen molar-refractivity contribution in [3.63, 3.8) is 0 Å². The molecule has 1 heterocycles. The van der Waals surface area contributed by atoms with Gasteiger partial charge in [0.1, 0.15) is 18.2 Å². The van der Waals surface area contributed by atoms with Crippen LogP contribution < -0.4 is 4.74 Å². The monoisotopic (exact) mass is 360 g/mol. The Morgan fingerprint density at radius 3 is 2.80 bits per heavy atom. The van der Waals surface area contributed by atoms with Crippen LogP contribution in [-0.2, 0) is 18.5 Å². The molecule has 0 amide bonds. The lowest BCUT2D eigenvalue weighted by Gasteiger charge is -2.09. The minimum Gasteiger partial charge on any atom is -0.487 e. The Morgan fingerprint density at radius 1 is 1.40 bits per heavy atom. The molecule has 0 aliphatic carbocycles. The largest absolute Gasteiger partial charge is 0.487 e. The first-order chi connectivity index (χ1) is 9.55. The molecule has 108 valence electrons. The summed E-state index contributed by atoms with van der Waals surface area (Å²) in [6.45, 7) is 4.81. The van der Waals surface area contributed by atoms with Crippen molar-refractivity contribution in [3.05, 3.63) is 46.0 Å². The molecule has 0 spiro atoms. The Hall–Kier alpha value is -1.07. The highest BCUT2D eigenvalue weighted by Gasteiger charge is 2.13. The lowest BCUT2D eigenvalue weighted by molar-refractivity contribution is 0.291. The van der Waals surface area contributed by atoms with Gasteiger partial charge in [0.2, 0.25) is 0 Å². The third-order valence-electron chi connectivity index (χ3n) is 2.91. The standard InChI is InChI=1S/C14H15BrClFN2O/c1-3-19-13(14(16)9(2)18-19)8-20-12-5-10(7-15)4-11(17)6-12/h4-6H,3,7-8H2,1-2H3. The Balaban J connectivity index is 2.18. The second-order valence-electron chi connectivity index (χ2n) is 4.38. The minimum atomic E-state index is -0.316. The summed E-state index contributed by atoms with van der Waals surface area (Å²) in [5.41, 5.74) is 2.40. The molecule has 20 heavy (non-hydrogen) atoms. The zero-order valence-corrected chi connectivity index (χ0v) is 13.6. The average Bonchev–Trinajstić information content (AvgIpc) is 2.71. The summed E-state index contributed by atoms with van der Waals surface area (Å²) in [5, 5.41) is 5.49. The van der Waals surface area contributed by atoms with E-state index in [-0.39, 0.29) is 12.4 Å². The number of nitrogens with zero attached hydrogens (tertiary/aromatic N) is 2. The first kappa shape index (κ1) is 15.3. The molecular weight excluding hydrogens is 347 g/mol. The summed E-state index contributed by atoms with van der Waals surface area (Å²) < 4.78 is 20.9. The number of ether oxygens (including phenoxy) is 1. The first-order valence-electron chi connectivity index (χ1n) is 6.25. The number of aryl methyl sites for hydroxylation is 2. The lowest BCUT2D eigenvalue weighted by Crippen LogP contribution is -2.06. The van der Waals surface area contributed by atoms with Crippen LogP contribution in [0.1, 0.15) is 23.9 Å². The van der Waals surface area contributed by atoms with Crippen molar-refractivity contribution in [1.29, 1.82) is 0 Å². The molecule has 0 radical (unpaired) electrons. The van der Waals surface area contributed by atoms with Gasteiger partial charge in [-0.05, 0) is 31.5 Å². The number of alkyl halides is 1. The minimum absolute atomic E-state index is 0.263. The zero-order valence-electron chi connectivity index (χ0n) is 11.3. The Kier molecular flexibility index (Phi) is 5.05. The summed E-state index contributed by atoms with van der Waals surface area (Å²) in [6.07, 6.45) is 0. The fourth-order valence-electron chi connectivity index (χ4n) is 1.94. The predicted molar refractivity (Wildman–Crippen MR) is 81.0 cm³/mol. The van der Waals surface area contributed by atoms with Crippen molar-refractivity contribution in [3.8, 4) is 5.75 Å². The molecule has 0 saturated carbocycles. The quantitative estimate of drug-likeness (QED) is 0.734. The van der Waals surface area contributed by atoms with Gasteiger partial charge in [-0.15, -0.1) is 0 Å². The molecule has 0 saturated heterocycles. The van der Waals surface area contributed by atoms with Crippen LogP contribution in [0.3, 0.4) is 0 Å². The molecule has 0 bridgehead atoms. The fourth-order valence-corrected chi connectivity index (χ4v) is 2.45. The lowest BCUT2D eigenvalue weighted by atomic mass is 10.2. The molecule has 0 fully saturated rings. The van der Waals surface area contributed by atoms with E-state index in [9.17, 15) is 4.39 Å². The van der Waals surface area contributed by atoms with Gasteiger partial charge in [-0.1, -0.05) is 27.5 Å². The van der Waals surface area contributed by atoms with Crippen LogP contribution in [0.2, 0.25) is 5.02 Å². The van der Waals surface area contributed by atoms with Gasteiger partial charge in [-0.2, -0.15) is 5.10 Å². The first-order valence-corrected chi connectivity index (χ1v) is 7.75. The van der Waals surface area contributed by atoms with Crippen LogP contribution in [0.5, 0.6) is 5.75 Å². The molecule has 6 heteroatoms. The third kappa shape index (κ3) is 3.33. The van der Waals surface area contributed by atoms with E-state index in [1.165, 1.54) is 12.1 Å². The van der Waals surface area contributed by atoms with Crippen molar-refractivity contribution in [1.82, 2.24) is 9.78 Å². The number of hydrogen-bond acceptors (Lipinski definition) is 2. The summed E-state index contributed by atoms with van der Waals surface area (Å²) in [7, 11) is 0. The molecule has 2 aromatic rings. The number of halogens is 3. The van der Waals surface area contributed by atoms with E-state index in [0.29, 0.717) is 22.6 Å². The van der Waals surface area contributed by atoms with Crippen LogP contribution in [0.4, 0.5) is 4.39 Å². The second kappa shape index (κ2) is 6.59. The van der Waals surface area contributed by atoms with Gasteiger partial charge < -0.3 is 4.74 Å². The number of aromatic nitrogens is 2. The van der Waals surface area contributed by atoms with Gasteiger partial charge in [0, 0.05) is 17.9 Å². The summed E-state index contributed by atoms with van der Waals surface area (Å²) in [6, 6.07) is 4.62. The van der Waals surface area contributed by atoms with Gasteiger partial charge in [0.05, 0.1) is 16.4 Å². The van der Waals surface area contributed by atoms with Crippen molar-refractivity contribution in [2.45, 2.75) is 32.3 Å². The molecule has 3 nitrogen and oxygen atoms in total. The van der Waals surface area contributed by atoms with Crippen LogP contribution in [0, 0.1) is 12.7 Å². The van der Waals surface area contributed by atoms with Crippen LogP contribution >= 0.6 is 27.5 Å². The number of benzene rings is 1. The van der Waals surface area contributed by atoms with Gasteiger partial charge in [-0.25, -0.2) is 4.39 Å². The zero-order chi connectivity index (χ0) is 14.7. The van der Waals surface area contributed by atoms with Crippen LogP contribution in [-0.4, -0.2) is 9.78 Å². The molecular formula is C14H15BrClFN2O. The Bertz CT molecular complexity index is 615. The summed E-state index contributed by atoms with van der Waals surface area (Å²) >= 11 is 9.51. The van der Waals surface area contributed by atoms with Crippen molar-refractivity contribution in [2.24, 2.45) is 0 Å². The predicted octanol–water partition coefficient (Wildman–Crippen LogP) is 4.48. The topological polar surface area (TPSA) is 27.1 Å². The molecule has 0 aliphatic heterocycles. The maximum Gasteiger partial charge on any atom is 0.131 e. The number of hydrogen-bond donors (Lipinski definition) is 0. The second-order valence-corrected chi connectivity index (χ2v) is 5.32. The summed E-state index contributed by atoms with van der Waals surface area (Å²) in [5.74, 6) is 0.167. The van der Waals surface area contributed by atoms with E-state index >= 15 is 0 Å². The van der Waals surface area contributed by atoms with E-state index in [0.717, 1.165) is 17.0 Å². The van der Waals surface area contributed by atoms with Gasteiger partial charge in [-0.3, -0.25) is 4.68 Å². The van der Waals surface area contributed by atoms with Gasteiger partial charge >= 0.3 is 0 Å². The molecule has 0 unspecified atom stereocenters. The van der Waals surface area contributed by atoms with Gasteiger partial charge in [0.15, 0.2) is 0 Å². The van der Waals surface area contributed by atoms with Gasteiger partial charge in [0.25, 0.3) is 0 Å². The van der Waals surface area contributed by atoms with E-state index in [2.05, 4.69) is 21.0 Å². The number of rotatable bonds is 5. The molecule has 0 aliphatic rings. The molecule has 0 N–H and O–H groups in total. The van der Waals surface area contributed by atoms with Crippen molar-refractivity contribution < 1.29 is 9.13 Å². The van der Waals surface area contributed by atoms with E-state index in [1.54, 1.807) is 10.7 Å². The van der Waals surface area contributed by atoms with Crippen LogP contribution in [0.15, 0.2) is 18.2 Å². The van der Waals surface area contributed by atoms with Crippen molar-refractivity contribution >= 4 is 27.5 Å². The smallest absolute Gasteiger partial charge is 0.131 e. The van der Waals surface area contributed by atoms with E-state index < -0.39 is 0 Å². The van der Waals surface area contributed by atoms with Crippen LogP contribution in [0.25, 0.3) is 0 Å². The van der Waals surface area contributed by atoms with Crippen molar-refractivity contribution in [2.75, 3.05) is 0 Å². The Labute approximate surface area is 130 Å². The maximum absolute atomic E-state index is 13.4. The maximum atomic E-state index is 13.4. The molecule has 1 aromatic heterocycles. The average molecular weight is 362 g/mol. The fraction of sp³-hybridized carbons (Fsp3) is 0.357. The van der Waals surface area contributed by atoms with E-state index in [1.807, 2.05) is 13.8 Å². The highest BCUT2D eigenvalue weighted by Crippen LogP contribution is 2.24. The molecule has 1 aromatic carbocycles. The van der Waals surface area contributed by atoms with E-state index in [4.69, 9.17) is 16.3 Å².